The van der Waals surface area contributed by atoms with Crippen molar-refractivity contribution in [1.29, 1.82) is 0 Å². The Hall–Kier alpha value is -3.47. The smallest absolute Gasteiger partial charge is 0.309 e. The van der Waals surface area contributed by atoms with E-state index in [2.05, 4.69) is 0 Å². The molecule has 1 aliphatic heterocycles. The van der Waals surface area contributed by atoms with Crippen molar-refractivity contribution in [2.75, 3.05) is 0 Å². The molecule has 156 valence electrons. The predicted molar refractivity (Wildman–Crippen MR) is 117 cm³/mol. The van der Waals surface area contributed by atoms with Crippen molar-refractivity contribution >= 4 is 28.6 Å². The Bertz CT molecular complexity index is 1180. The molecule has 0 spiro atoms. The predicted octanol–water partition coefficient (Wildman–Crippen LogP) is 4.69. The van der Waals surface area contributed by atoms with Gasteiger partial charge in [0.05, 0.1) is 5.92 Å². The summed E-state index contributed by atoms with van der Waals surface area (Å²) in [6.45, 7) is 3.76. The lowest BCUT2D eigenvalue weighted by atomic mass is 9.92. The summed E-state index contributed by atoms with van der Waals surface area (Å²) in [5.74, 6) is -1.24. The van der Waals surface area contributed by atoms with Crippen LogP contribution < -0.4 is 0 Å². The summed E-state index contributed by atoms with van der Waals surface area (Å²) in [6.07, 6.45) is 0.544. The van der Waals surface area contributed by atoms with Crippen LogP contribution in [-0.4, -0.2) is 28.8 Å². The number of amides is 2. The lowest BCUT2D eigenvalue weighted by Gasteiger charge is -2.35. The maximum atomic E-state index is 13.6. The summed E-state index contributed by atoms with van der Waals surface area (Å²) in [6, 6.07) is 18.0. The first kappa shape index (κ1) is 19.5. The molecule has 0 saturated heterocycles. The molecule has 0 aromatic heterocycles. The molecule has 0 unspecified atom stereocenters. The Morgan fingerprint density at radius 1 is 1.00 bits per heavy atom. The molecule has 0 N–H and O–H groups in total. The standard InChI is InChI=1S/C26H23NO4/c1-3-15(2)26(30)31-21-14-17-8-4-5-11-18(17)23(21)27-24(28)19-12-6-9-16-10-7-13-20(22(16)19)25(27)29/h4-13,15,21,23H,3,14H2,1-2H3/t15-,21-,23+/m0/s1. The number of esters is 1. The minimum Gasteiger partial charge on any atom is -0.459 e. The topological polar surface area (TPSA) is 63.7 Å². The quantitative estimate of drug-likeness (QED) is 0.460. The Labute approximate surface area is 180 Å². The first-order valence-electron chi connectivity index (χ1n) is 10.7. The number of carbonyl (C=O) groups excluding carboxylic acids is 3. The summed E-state index contributed by atoms with van der Waals surface area (Å²) in [7, 11) is 0. The van der Waals surface area contributed by atoms with Gasteiger partial charge in [0, 0.05) is 22.9 Å². The minimum atomic E-state index is -0.646. The van der Waals surface area contributed by atoms with Crippen molar-refractivity contribution in [3.63, 3.8) is 0 Å². The van der Waals surface area contributed by atoms with Crippen molar-refractivity contribution < 1.29 is 19.1 Å². The van der Waals surface area contributed by atoms with Gasteiger partial charge < -0.3 is 4.74 Å². The molecule has 1 aliphatic carbocycles. The van der Waals surface area contributed by atoms with Gasteiger partial charge in [0.25, 0.3) is 11.8 Å². The summed E-state index contributed by atoms with van der Waals surface area (Å²) in [5, 5.41) is 1.55. The molecule has 5 rings (SSSR count). The highest BCUT2D eigenvalue weighted by Gasteiger charge is 2.46. The second-order valence-electron chi connectivity index (χ2n) is 8.32. The van der Waals surface area contributed by atoms with Crippen molar-refractivity contribution in [3.8, 4) is 0 Å². The molecule has 3 aromatic rings. The van der Waals surface area contributed by atoms with E-state index in [9.17, 15) is 14.4 Å². The fourth-order valence-electron chi connectivity index (χ4n) is 4.68. The van der Waals surface area contributed by atoms with Crippen molar-refractivity contribution in [2.24, 2.45) is 5.92 Å². The molecule has 2 aliphatic rings. The van der Waals surface area contributed by atoms with E-state index in [1.165, 1.54) is 4.90 Å². The molecule has 5 nitrogen and oxygen atoms in total. The van der Waals surface area contributed by atoms with Crippen LogP contribution in [0.2, 0.25) is 0 Å². The molecule has 0 saturated carbocycles. The summed E-state index contributed by atoms with van der Waals surface area (Å²) in [5.41, 5.74) is 2.86. The fraction of sp³-hybridized carbons (Fsp3) is 0.269. The van der Waals surface area contributed by atoms with Gasteiger partial charge in [0.15, 0.2) is 0 Å². The second-order valence-corrected chi connectivity index (χ2v) is 8.32. The van der Waals surface area contributed by atoms with Crippen LogP contribution in [-0.2, 0) is 16.0 Å². The molecule has 0 fully saturated rings. The van der Waals surface area contributed by atoms with Crippen LogP contribution in [0.1, 0.15) is 58.2 Å². The number of benzene rings is 3. The van der Waals surface area contributed by atoms with Gasteiger partial charge >= 0.3 is 5.97 Å². The zero-order valence-corrected chi connectivity index (χ0v) is 17.5. The van der Waals surface area contributed by atoms with Crippen LogP contribution in [0.4, 0.5) is 0 Å². The Morgan fingerprint density at radius 2 is 1.65 bits per heavy atom. The van der Waals surface area contributed by atoms with Gasteiger partial charge in [-0.25, -0.2) is 0 Å². The van der Waals surface area contributed by atoms with E-state index >= 15 is 0 Å². The highest BCUT2D eigenvalue weighted by molar-refractivity contribution is 6.25. The van der Waals surface area contributed by atoms with E-state index in [0.717, 1.165) is 16.5 Å². The highest BCUT2D eigenvalue weighted by atomic mass is 16.5. The molecular formula is C26H23NO4. The largest absolute Gasteiger partial charge is 0.459 e. The molecule has 2 amide bonds. The SMILES string of the molecule is CC[C@H](C)C(=O)O[C@H]1Cc2ccccc2[C@H]1N1C(=O)c2cccc3cccc(c23)C1=O. The van der Waals surface area contributed by atoms with Crippen LogP contribution in [0.25, 0.3) is 10.8 Å². The molecule has 0 bridgehead atoms. The maximum Gasteiger partial charge on any atom is 0.309 e. The Morgan fingerprint density at radius 3 is 2.29 bits per heavy atom. The normalized spacial score (nSPS) is 20.6. The third kappa shape index (κ3) is 2.95. The lowest BCUT2D eigenvalue weighted by molar-refractivity contribution is -0.155. The first-order valence-corrected chi connectivity index (χ1v) is 10.7. The number of hydrogen-bond acceptors (Lipinski definition) is 4. The average Bonchev–Trinajstić information content (AvgIpc) is 3.14. The van der Waals surface area contributed by atoms with E-state index < -0.39 is 12.1 Å². The monoisotopic (exact) mass is 413 g/mol. The average molecular weight is 413 g/mol. The van der Waals surface area contributed by atoms with E-state index in [1.807, 2.05) is 62.4 Å². The van der Waals surface area contributed by atoms with E-state index in [1.54, 1.807) is 12.1 Å². The number of rotatable bonds is 4. The molecule has 31 heavy (non-hydrogen) atoms. The zero-order valence-electron chi connectivity index (χ0n) is 17.5. The van der Waals surface area contributed by atoms with Crippen LogP contribution in [0.15, 0.2) is 60.7 Å². The number of hydrogen-bond donors (Lipinski definition) is 0. The minimum absolute atomic E-state index is 0.244. The van der Waals surface area contributed by atoms with E-state index in [-0.39, 0.29) is 23.7 Å². The third-order valence-corrected chi connectivity index (χ3v) is 6.51. The summed E-state index contributed by atoms with van der Waals surface area (Å²) < 4.78 is 5.89. The molecule has 3 aromatic carbocycles. The summed E-state index contributed by atoms with van der Waals surface area (Å²) >= 11 is 0. The van der Waals surface area contributed by atoms with Gasteiger partial charge in [-0.05, 0) is 35.1 Å². The molecule has 0 radical (unpaired) electrons. The van der Waals surface area contributed by atoms with Crippen molar-refractivity contribution in [2.45, 2.75) is 38.8 Å². The highest BCUT2D eigenvalue weighted by Crippen LogP contribution is 2.42. The van der Waals surface area contributed by atoms with Gasteiger partial charge in [0.2, 0.25) is 0 Å². The van der Waals surface area contributed by atoms with Gasteiger partial charge in [-0.15, -0.1) is 0 Å². The Kier molecular flexibility index (Phi) is 4.62. The lowest BCUT2D eigenvalue weighted by Crippen LogP contribution is -2.46. The molecule has 3 atom stereocenters. The number of fused-ring (bicyclic) bond motifs is 1. The number of ether oxygens (including phenoxy) is 1. The van der Waals surface area contributed by atoms with Gasteiger partial charge in [-0.2, -0.15) is 0 Å². The first-order chi connectivity index (χ1) is 15.0. The third-order valence-electron chi connectivity index (χ3n) is 6.51. The number of carbonyl (C=O) groups is 3. The van der Waals surface area contributed by atoms with Crippen molar-refractivity contribution in [1.82, 2.24) is 4.90 Å². The van der Waals surface area contributed by atoms with Gasteiger partial charge in [0.1, 0.15) is 12.1 Å². The molecule has 1 heterocycles. The van der Waals surface area contributed by atoms with Crippen LogP contribution in [0, 0.1) is 5.92 Å². The van der Waals surface area contributed by atoms with E-state index in [4.69, 9.17) is 4.74 Å². The zero-order chi connectivity index (χ0) is 21.7. The Balaban J connectivity index is 1.62. The van der Waals surface area contributed by atoms with Crippen LogP contribution in [0.5, 0.6) is 0 Å². The van der Waals surface area contributed by atoms with Crippen molar-refractivity contribution in [3.05, 3.63) is 82.9 Å². The number of imide groups is 1. The van der Waals surface area contributed by atoms with Crippen LogP contribution in [0.3, 0.4) is 0 Å². The summed E-state index contributed by atoms with van der Waals surface area (Å²) in [4.78, 5) is 41.1. The van der Waals surface area contributed by atoms with Gasteiger partial charge in [-0.1, -0.05) is 62.4 Å². The van der Waals surface area contributed by atoms with Gasteiger partial charge in [-0.3, -0.25) is 19.3 Å². The number of nitrogens with zero attached hydrogens (tertiary/aromatic N) is 1. The molecule has 5 heteroatoms. The fourth-order valence-corrected chi connectivity index (χ4v) is 4.68. The maximum absolute atomic E-state index is 13.6. The van der Waals surface area contributed by atoms with E-state index in [0.29, 0.717) is 29.4 Å². The van der Waals surface area contributed by atoms with Crippen LogP contribution >= 0.6 is 0 Å². The molecular weight excluding hydrogens is 390 g/mol. The second kappa shape index (κ2) is 7.34.